The molecule has 21 atom stereocenters. The van der Waals surface area contributed by atoms with Crippen LogP contribution in [0.3, 0.4) is 0 Å². The third-order valence-corrected chi connectivity index (χ3v) is 22.1. The van der Waals surface area contributed by atoms with Gasteiger partial charge in [-0.15, -0.1) is 0 Å². The molecule has 8 aliphatic rings. The minimum absolute atomic E-state index is 0.108. The number of halogens is 3. The smallest absolute Gasteiger partial charge is 0.330 e. The van der Waals surface area contributed by atoms with Gasteiger partial charge in [-0.05, 0) is 133 Å². The number of benzene rings is 7. The van der Waals surface area contributed by atoms with E-state index in [2.05, 4.69) is 31.9 Å². The van der Waals surface area contributed by atoms with Gasteiger partial charge in [-0.2, -0.15) is 0 Å². The van der Waals surface area contributed by atoms with Crippen molar-refractivity contribution in [1.29, 1.82) is 0 Å². The molecule has 15 rings (SSSR count). The first kappa shape index (κ1) is 83.9. The molecule has 0 spiro atoms. The second-order valence-corrected chi connectivity index (χ2v) is 31.0. The number of carboxylic acid groups (broad SMARTS) is 1. The first-order valence-electron chi connectivity index (χ1n) is 36.6. The van der Waals surface area contributed by atoms with Gasteiger partial charge in [-0.25, -0.2) is 4.79 Å². The number of carbonyl (C=O) groups excluding carboxylic acids is 6. The molecule has 116 heavy (non-hydrogen) atoms. The molecule has 22 N–H and O–H groups in total. The van der Waals surface area contributed by atoms with Crippen LogP contribution in [0, 0.1) is 0 Å². The number of carboxylic acids is 1. The van der Waals surface area contributed by atoms with E-state index in [0.29, 0.717) is 5.02 Å². The molecule has 0 aliphatic carbocycles. The van der Waals surface area contributed by atoms with Crippen molar-refractivity contribution in [2.75, 3.05) is 6.61 Å². The van der Waals surface area contributed by atoms with Gasteiger partial charge in [0.15, 0.2) is 36.2 Å². The second-order valence-electron chi connectivity index (χ2n) is 29.8. The Morgan fingerprint density at radius 3 is 1.82 bits per heavy atom. The molecule has 37 heteroatoms. The number of fused-ring (bicyclic) bond motifs is 15. The van der Waals surface area contributed by atoms with E-state index in [1.165, 1.54) is 44.2 Å². The van der Waals surface area contributed by atoms with E-state index in [1.54, 1.807) is 26.0 Å². The average Bonchev–Trinajstić information content (AvgIpc) is 0.765. The Bertz CT molecular complexity index is 4960. The summed E-state index contributed by atoms with van der Waals surface area (Å²) < 4.78 is 52.5. The number of aromatic hydroxyl groups is 3. The highest BCUT2D eigenvalue weighted by atomic mass is 35.5. The van der Waals surface area contributed by atoms with Gasteiger partial charge in [0.2, 0.25) is 47.5 Å². The Morgan fingerprint density at radius 1 is 0.612 bits per heavy atom. The first-order chi connectivity index (χ1) is 55.0. The number of nitrogens with one attached hydrogen (secondary N) is 6. The summed E-state index contributed by atoms with van der Waals surface area (Å²) in [5.74, 6) is -14.8. The zero-order valence-electron chi connectivity index (χ0n) is 62.1. The maximum Gasteiger partial charge on any atom is 0.330 e. The molecular weight excluding hydrogens is 1580 g/mol. The lowest BCUT2D eigenvalue weighted by atomic mass is 9.84. The van der Waals surface area contributed by atoms with E-state index in [1.807, 2.05) is 36.4 Å². The van der Waals surface area contributed by atoms with Gasteiger partial charge in [-0.3, -0.25) is 28.8 Å². The van der Waals surface area contributed by atoms with E-state index in [4.69, 9.17) is 89.9 Å². The molecule has 6 amide bonds. The van der Waals surface area contributed by atoms with Gasteiger partial charge in [0.05, 0.1) is 47.5 Å². The lowest BCUT2D eigenvalue weighted by Crippen LogP contribution is -2.65. The summed E-state index contributed by atoms with van der Waals surface area (Å²) in [6.45, 7) is 5.47. The van der Waals surface area contributed by atoms with Crippen molar-refractivity contribution in [1.82, 2.24) is 31.9 Å². The van der Waals surface area contributed by atoms with Gasteiger partial charge in [-0.1, -0.05) is 89.4 Å². The van der Waals surface area contributed by atoms with Crippen molar-refractivity contribution in [2.45, 2.75) is 181 Å². The van der Waals surface area contributed by atoms with Crippen LogP contribution >= 0.6 is 34.8 Å². The number of hydrogen-bond donors (Lipinski definition) is 19. The fourth-order valence-electron chi connectivity index (χ4n) is 15.0. The van der Waals surface area contributed by atoms with Gasteiger partial charge in [0, 0.05) is 58.2 Å². The maximum absolute atomic E-state index is 16.3. The number of nitrogens with two attached hydrogens (primary N) is 3. The van der Waals surface area contributed by atoms with Crippen LogP contribution in [0.2, 0.25) is 15.1 Å². The SMILES string of the molecule is C[C@@H]1O[C@@H](O[C@@H]2c3ccc(c(Cl)c3)Oc3cc4cc(c3O[C@@H]3O[C@H](CO)[C@@H](O)[C@H](O)[C@H]3O[C@H]3C[C@](C)(NCc5ccc(-c6ccc(Cl)cc6)cc5)[C@@H](O)[C@H](C)O3)Oc3ccc(cc3Cl)[C@@H](O)[C@@H](N)C(=O)N[C@@H](CC(N)=O)C(=O)N[C@H]4C(=O)N[C@H]3C(=O)N[C@@H]2C(=O)N[C@H](C(=O)O)c2cc(O)cc(O)c2-c2cc3ccc2O)C[C@](C)(N)[C@H]1O. The number of rotatable bonds is 14. The van der Waals surface area contributed by atoms with Crippen LogP contribution in [0.15, 0.2) is 127 Å². The van der Waals surface area contributed by atoms with Gasteiger partial charge >= 0.3 is 5.97 Å². The minimum Gasteiger partial charge on any atom is -0.508 e. The third-order valence-electron chi connectivity index (χ3n) is 21.3. The summed E-state index contributed by atoms with van der Waals surface area (Å²) in [6.07, 6.45) is -22.6. The van der Waals surface area contributed by atoms with Crippen molar-refractivity contribution in [3.8, 4) is 68.2 Å². The molecule has 8 heterocycles. The van der Waals surface area contributed by atoms with Gasteiger partial charge < -0.3 is 138 Å². The zero-order valence-corrected chi connectivity index (χ0v) is 64.4. The van der Waals surface area contributed by atoms with E-state index < -0.39 is 243 Å². The molecule has 8 aliphatic heterocycles. The molecule has 0 saturated carbocycles. The lowest BCUT2D eigenvalue weighted by molar-refractivity contribution is -0.334. The molecule has 3 saturated heterocycles. The third kappa shape index (κ3) is 17.5. The number of phenolic OH excluding ortho intramolecular Hbond substituents is 3. The Morgan fingerprint density at radius 2 is 1.20 bits per heavy atom. The number of ether oxygens (including phenoxy) is 8. The van der Waals surface area contributed by atoms with E-state index in [9.17, 15) is 65.4 Å². The molecule has 616 valence electrons. The monoisotopic (exact) mass is 1660 g/mol. The summed E-state index contributed by atoms with van der Waals surface area (Å²) in [6, 6.07) is 16.0. The highest BCUT2D eigenvalue weighted by molar-refractivity contribution is 6.32. The number of carbonyl (C=O) groups is 7. The van der Waals surface area contributed by atoms with Gasteiger partial charge in [0.1, 0.15) is 89.5 Å². The first-order valence-corrected chi connectivity index (χ1v) is 37.7. The summed E-state index contributed by atoms with van der Waals surface area (Å²) in [5.41, 5.74) is 16.0. The molecule has 0 unspecified atom stereocenters. The molecule has 0 aromatic heterocycles. The van der Waals surface area contributed by atoms with Crippen molar-refractivity contribution >= 4 is 76.2 Å². The number of aliphatic hydroxyl groups excluding tert-OH is 6. The van der Waals surface area contributed by atoms with Crippen LogP contribution in [0.1, 0.15) is 111 Å². The number of aliphatic carboxylic acids is 1. The quantitative estimate of drug-likeness (QED) is 0.0738. The summed E-state index contributed by atoms with van der Waals surface area (Å²) in [7, 11) is 0. The normalized spacial score (nSPS) is 30.9. The topological polar surface area (TPSA) is 546 Å². The highest BCUT2D eigenvalue weighted by Crippen LogP contribution is 2.51. The molecule has 3 fully saturated rings. The zero-order chi connectivity index (χ0) is 83.4. The van der Waals surface area contributed by atoms with Crippen molar-refractivity contribution in [2.24, 2.45) is 17.2 Å². The highest BCUT2D eigenvalue weighted by Gasteiger charge is 2.53. The van der Waals surface area contributed by atoms with Crippen molar-refractivity contribution in [3.05, 3.63) is 176 Å². The summed E-state index contributed by atoms with van der Waals surface area (Å²) >= 11 is 20.6. The Balaban J connectivity index is 1.00. The van der Waals surface area contributed by atoms with Crippen LogP contribution in [0.5, 0.6) is 46.0 Å². The van der Waals surface area contributed by atoms with E-state index in [0.717, 1.165) is 65.2 Å². The Labute approximate surface area is 675 Å². The van der Waals surface area contributed by atoms with Crippen LogP contribution in [0.25, 0.3) is 22.3 Å². The number of aliphatic hydroxyl groups is 6. The number of primary amides is 1. The fraction of sp³-hybridized carbons (Fsp3) is 0.380. The number of hydrogen-bond acceptors (Lipinski definition) is 27. The Kier molecular flexibility index (Phi) is 24.5. The van der Waals surface area contributed by atoms with Crippen molar-refractivity contribution in [3.63, 3.8) is 0 Å². The standard InChI is InChI=1S/C79H84Cl3N9O25/c1-31-69(100)78(3,85)27-55(109-31)114-66-38-13-18-50(45(82)21-38)112-52-23-39-22-51(67(52)116-77-68(65(99)64(98)53(30-92)113-77)115-56-28-79(4,70(101)32(2)110-56)86-29-33-5-7-34(8-6-33)35-9-14-40(80)15-10-35)111-49-17-12-37(20-44(49)81)63(97)58(84)72(103)87-46(26-54(83)96)71(102)88-60(39)74(105)89-59-36-11-16-47(94)42(19-36)57-43(24-41(93)25-48(57)95)61(76(107)108)90-75(106)62(66)91-73(59)104/h5-25,31-32,46,53,55-56,58-66,68-70,77,86,92-95,97-101H,26-30,84-85H2,1-4H3,(H2,83,96)(H,87,103)(H,88,102)(H,89,105)(H,90,106)(H,91,104)(H,107,108)/t31-,32-,46-,53+,55-,56-,58+,59+,60+,61-,62-,63+,64+,65-,66+,68+,69-,70-,77-,78-,79-/m0/s1. The molecular formula is C79H84Cl3N9O25. The largest absolute Gasteiger partial charge is 0.508 e. The van der Waals surface area contributed by atoms with Crippen LogP contribution in [-0.2, 0) is 63.8 Å². The lowest BCUT2D eigenvalue weighted by Gasteiger charge is -2.48. The number of amides is 6. The van der Waals surface area contributed by atoms with Crippen LogP contribution in [-0.4, -0.2) is 196 Å². The predicted molar refractivity (Wildman–Crippen MR) is 409 cm³/mol. The predicted octanol–water partition coefficient (Wildman–Crippen LogP) is 3.70. The van der Waals surface area contributed by atoms with E-state index in [-0.39, 0.29) is 52.6 Å². The molecule has 11 bridgehead atoms. The molecule has 34 nitrogen and oxygen atoms in total. The van der Waals surface area contributed by atoms with E-state index >= 15 is 19.2 Å². The summed E-state index contributed by atoms with van der Waals surface area (Å²) in [4.78, 5) is 104. The van der Waals surface area contributed by atoms with Gasteiger partial charge in [0.25, 0.3) is 0 Å². The number of phenols is 3. The maximum atomic E-state index is 16.3. The molecule has 7 aromatic rings. The fourth-order valence-corrected chi connectivity index (χ4v) is 15.5. The Hall–Kier alpha value is -10.1. The molecule has 0 radical (unpaired) electrons. The second kappa shape index (κ2) is 33.9. The molecule has 7 aromatic carbocycles. The van der Waals surface area contributed by atoms with Crippen LogP contribution in [0.4, 0.5) is 0 Å². The summed E-state index contributed by atoms with van der Waals surface area (Å²) in [5, 5.41) is 131. The van der Waals surface area contributed by atoms with Crippen molar-refractivity contribution < 1.29 is 123 Å². The van der Waals surface area contributed by atoms with Crippen LogP contribution < -0.4 is 63.3 Å². The average molecular weight is 1670 g/mol. The minimum atomic E-state index is -2.34.